The second-order valence-corrected chi connectivity index (χ2v) is 5.13. The molecule has 1 saturated heterocycles. The topological polar surface area (TPSA) is 15.7 Å². The largest absolute Gasteiger partial charge is 0.379 e. The Labute approximate surface area is 117 Å². The van der Waals surface area contributed by atoms with E-state index in [1.807, 2.05) is 0 Å². The number of hydrogen-bond donors (Lipinski definition) is 0. The highest BCUT2D eigenvalue weighted by Crippen LogP contribution is 2.14. The SMILES string of the molecule is CCCCN(CCN1CCOCC1)c1ccccc1. The fourth-order valence-corrected chi connectivity index (χ4v) is 2.44. The molecule has 0 unspecified atom stereocenters. The highest BCUT2D eigenvalue weighted by atomic mass is 16.5. The van der Waals surface area contributed by atoms with Gasteiger partial charge in [0.1, 0.15) is 0 Å². The minimum absolute atomic E-state index is 0.889. The van der Waals surface area contributed by atoms with E-state index in [0.29, 0.717) is 0 Å². The van der Waals surface area contributed by atoms with Gasteiger partial charge in [-0.3, -0.25) is 4.90 Å². The smallest absolute Gasteiger partial charge is 0.0594 e. The van der Waals surface area contributed by atoms with Gasteiger partial charge in [0.2, 0.25) is 0 Å². The molecule has 1 aliphatic heterocycles. The lowest BCUT2D eigenvalue weighted by Gasteiger charge is -2.31. The number of rotatable bonds is 7. The van der Waals surface area contributed by atoms with Crippen LogP contribution >= 0.6 is 0 Å². The predicted molar refractivity (Wildman–Crippen MR) is 80.8 cm³/mol. The van der Waals surface area contributed by atoms with Crippen molar-refractivity contribution in [1.82, 2.24) is 4.90 Å². The van der Waals surface area contributed by atoms with Gasteiger partial charge in [0.05, 0.1) is 13.2 Å². The van der Waals surface area contributed by atoms with Gasteiger partial charge in [-0.15, -0.1) is 0 Å². The summed E-state index contributed by atoms with van der Waals surface area (Å²) in [5.74, 6) is 0. The zero-order chi connectivity index (χ0) is 13.3. The third-order valence-corrected chi connectivity index (χ3v) is 3.69. The van der Waals surface area contributed by atoms with Crippen molar-refractivity contribution >= 4 is 5.69 Å². The van der Waals surface area contributed by atoms with E-state index >= 15 is 0 Å². The first-order valence-corrected chi connectivity index (χ1v) is 7.50. The van der Waals surface area contributed by atoms with Crippen LogP contribution in [-0.2, 0) is 4.74 Å². The van der Waals surface area contributed by atoms with Crippen molar-refractivity contribution in [3.8, 4) is 0 Å². The van der Waals surface area contributed by atoms with Gasteiger partial charge < -0.3 is 9.64 Å². The van der Waals surface area contributed by atoms with Gasteiger partial charge >= 0.3 is 0 Å². The molecule has 106 valence electrons. The number of benzene rings is 1. The molecule has 2 rings (SSSR count). The van der Waals surface area contributed by atoms with Gasteiger partial charge in [-0.2, -0.15) is 0 Å². The second kappa shape index (κ2) is 8.18. The maximum absolute atomic E-state index is 5.40. The number of anilines is 1. The Morgan fingerprint density at radius 3 is 2.53 bits per heavy atom. The Morgan fingerprint density at radius 2 is 1.84 bits per heavy atom. The summed E-state index contributed by atoms with van der Waals surface area (Å²) in [6.45, 7) is 9.61. The molecule has 0 amide bonds. The molecule has 1 fully saturated rings. The molecule has 0 atom stereocenters. The Bertz CT molecular complexity index is 336. The Kier molecular flexibility index (Phi) is 6.18. The summed E-state index contributed by atoms with van der Waals surface area (Å²) >= 11 is 0. The van der Waals surface area contributed by atoms with E-state index in [9.17, 15) is 0 Å². The van der Waals surface area contributed by atoms with Crippen molar-refractivity contribution in [3.05, 3.63) is 30.3 Å². The zero-order valence-corrected chi connectivity index (χ0v) is 12.1. The highest BCUT2D eigenvalue weighted by molar-refractivity contribution is 5.45. The Balaban J connectivity index is 1.86. The minimum Gasteiger partial charge on any atom is -0.379 e. The molecule has 1 aromatic rings. The molecule has 0 saturated carbocycles. The van der Waals surface area contributed by atoms with Gasteiger partial charge in [-0.25, -0.2) is 0 Å². The van der Waals surface area contributed by atoms with E-state index < -0.39 is 0 Å². The first kappa shape index (κ1) is 14.4. The molecule has 1 heterocycles. The van der Waals surface area contributed by atoms with E-state index in [1.54, 1.807) is 0 Å². The number of ether oxygens (including phenoxy) is 1. The first-order chi connectivity index (χ1) is 9.40. The van der Waals surface area contributed by atoms with Gasteiger partial charge in [0.25, 0.3) is 0 Å². The van der Waals surface area contributed by atoms with Crippen molar-refractivity contribution in [2.24, 2.45) is 0 Å². The Hall–Kier alpha value is -1.06. The fourth-order valence-electron chi connectivity index (χ4n) is 2.44. The van der Waals surface area contributed by atoms with Gasteiger partial charge in [-0.1, -0.05) is 31.5 Å². The molecule has 19 heavy (non-hydrogen) atoms. The van der Waals surface area contributed by atoms with Crippen LogP contribution in [0.4, 0.5) is 5.69 Å². The third-order valence-electron chi connectivity index (χ3n) is 3.69. The van der Waals surface area contributed by atoms with Gasteiger partial charge in [0.15, 0.2) is 0 Å². The number of unbranched alkanes of at least 4 members (excludes halogenated alkanes) is 1. The molecule has 0 aliphatic carbocycles. The molecule has 1 aliphatic rings. The normalized spacial score (nSPS) is 16.5. The first-order valence-electron chi connectivity index (χ1n) is 7.50. The molecule has 1 aromatic carbocycles. The highest BCUT2D eigenvalue weighted by Gasteiger charge is 2.12. The summed E-state index contributed by atoms with van der Waals surface area (Å²) < 4.78 is 5.40. The van der Waals surface area contributed by atoms with Crippen LogP contribution in [0, 0.1) is 0 Å². The van der Waals surface area contributed by atoms with E-state index in [4.69, 9.17) is 4.74 Å². The average Bonchev–Trinajstić information content (AvgIpc) is 2.49. The zero-order valence-electron chi connectivity index (χ0n) is 12.1. The van der Waals surface area contributed by atoms with Crippen LogP contribution in [0.25, 0.3) is 0 Å². The Morgan fingerprint density at radius 1 is 1.11 bits per heavy atom. The molecule has 0 radical (unpaired) electrons. The number of nitrogens with zero attached hydrogens (tertiary/aromatic N) is 2. The van der Waals surface area contributed by atoms with Crippen molar-refractivity contribution in [2.75, 3.05) is 50.8 Å². The summed E-state index contributed by atoms with van der Waals surface area (Å²) in [6, 6.07) is 10.8. The molecular weight excluding hydrogens is 236 g/mol. The van der Waals surface area contributed by atoms with E-state index in [-0.39, 0.29) is 0 Å². The van der Waals surface area contributed by atoms with E-state index in [0.717, 1.165) is 45.9 Å². The maximum Gasteiger partial charge on any atom is 0.0594 e. The van der Waals surface area contributed by atoms with Crippen molar-refractivity contribution in [2.45, 2.75) is 19.8 Å². The summed E-state index contributed by atoms with van der Waals surface area (Å²) in [4.78, 5) is 5.02. The summed E-state index contributed by atoms with van der Waals surface area (Å²) in [6.07, 6.45) is 2.51. The molecule has 0 N–H and O–H groups in total. The maximum atomic E-state index is 5.40. The van der Waals surface area contributed by atoms with Crippen LogP contribution in [0.15, 0.2) is 30.3 Å². The van der Waals surface area contributed by atoms with Crippen LogP contribution in [0.5, 0.6) is 0 Å². The quantitative estimate of drug-likeness (QED) is 0.751. The van der Waals surface area contributed by atoms with Crippen LogP contribution in [0.3, 0.4) is 0 Å². The van der Waals surface area contributed by atoms with Crippen LogP contribution in [0.2, 0.25) is 0 Å². The monoisotopic (exact) mass is 262 g/mol. The summed E-state index contributed by atoms with van der Waals surface area (Å²) in [5.41, 5.74) is 1.35. The molecule has 3 heteroatoms. The van der Waals surface area contributed by atoms with Crippen molar-refractivity contribution < 1.29 is 4.74 Å². The number of hydrogen-bond acceptors (Lipinski definition) is 3. The lowest BCUT2D eigenvalue weighted by atomic mass is 10.2. The molecule has 0 aromatic heterocycles. The van der Waals surface area contributed by atoms with E-state index in [2.05, 4.69) is 47.1 Å². The molecule has 0 spiro atoms. The lowest BCUT2D eigenvalue weighted by Crippen LogP contribution is -2.41. The van der Waals surface area contributed by atoms with Crippen molar-refractivity contribution in [1.29, 1.82) is 0 Å². The summed E-state index contributed by atoms with van der Waals surface area (Å²) in [5, 5.41) is 0. The van der Waals surface area contributed by atoms with Crippen LogP contribution in [0.1, 0.15) is 19.8 Å². The molecule has 0 bridgehead atoms. The fraction of sp³-hybridized carbons (Fsp3) is 0.625. The van der Waals surface area contributed by atoms with Gasteiger partial charge in [-0.05, 0) is 18.6 Å². The van der Waals surface area contributed by atoms with Crippen molar-refractivity contribution in [3.63, 3.8) is 0 Å². The molecular formula is C16H26N2O. The summed E-state index contributed by atoms with van der Waals surface area (Å²) in [7, 11) is 0. The molecule has 3 nitrogen and oxygen atoms in total. The van der Waals surface area contributed by atoms with Crippen LogP contribution in [-0.4, -0.2) is 50.8 Å². The second-order valence-electron chi connectivity index (χ2n) is 5.13. The number of para-hydroxylation sites is 1. The standard InChI is InChI=1S/C16H26N2O/c1-2-3-9-18(16-7-5-4-6-8-16)11-10-17-12-14-19-15-13-17/h4-8H,2-3,9-15H2,1H3. The van der Waals surface area contributed by atoms with Crippen LogP contribution < -0.4 is 4.90 Å². The van der Waals surface area contributed by atoms with E-state index in [1.165, 1.54) is 18.5 Å². The number of morpholine rings is 1. The average molecular weight is 262 g/mol. The lowest BCUT2D eigenvalue weighted by molar-refractivity contribution is 0.0391. The third kappa shape index (κ3) is 4.84. The van der Waals surface area contributed by atoms with Gasteiger partial charge in [0, 0.05) is 38.4 Å². The minimum atomic E-state index is 0.889. The predicted octanol–water partition coefficient (Wildman–Crippen LogP) is 2.63.